The fraction of sp³-hybridized carbons (Fsp3) is 1.00. The number of hydrogen-bond donors (Lipinski definition) is 0. The van der Waals surface area contributed by atoms with E-state index < -0.39 is 22.3 Å². The Morgan fingerprint density at radius 3 is 2.39 bits per heavy atom. The number of nitro groups is 2. The zero-order valence-corrected chi connectivity index (χ0v) is 9.64. The van der Waals surface area contributed by atoms with Gasteiger partial charge in [-0.2, -0.15) is 0 Å². The second-order valence-electron chi connectivity index (χ2n) is 4.06. The van der Waals surface area contributed by atoms with E-state index in [1.165, 1.54) is 0 Å². The lowest BCUT2D eigenvalue weighted by Gasteiger charge is -2.37. The molecule has 0 aromatic heterocycles. The summed E-state index contributed by atoms with van der Waals surface area (Å²) in [5, 5.41) is 21.4. The first-order chi connectivity index (χ1) is 8.59. The van der Waals surface area contributed by atoms with Gasteiger partial charge in [-0.05, 0) is 5.01 Å². The van der Waals surface area contributed by atoms with E-state index in [0.29, 0.717) is 31.3 Å². The van der Waals surface area contributed by atoms with E-state index in [1.807, 2.05) is 4.90 Å². The maximum atomic E-state index is 10.8. The van der Waals surface area contributed by atoms with Gasteiger partial charge < -0.3 is 9.47 Å². The Labute approximate surface area is 102 Å². The third kappa shape index (κ3) is 2.66. The van der Waals surface area contributed by atoms with Gasteiger partial charge >= 0.3 is 6.17 Å². The number of ether oxygens (including phenoxy) is 2. The molecule has 0 aromatic rings. The van der Waals surface area contributed by atoms with Crippen LogP contribution in [0.1, 0.15) is 0 Å². The second-order valence-corrected chi connectivity index (χ2v) is 4.06. The summed E-state index contributed by atoms with van der Waals surface area (Å²) in [6.07, 6.45) is -1.91. The number of hydrazine groups is 1. The van der Waals surface area contributed by atoms with E-state index in [-0.39, 0.29) is 13.2 Å². The molecule has 0 aromatic carbocycles. The van der Waals surface area contributed by atoms with Crippen LogP contribution in [0.3, 0.4) is 0 Å². The lowest BCUT2D eigenvalue weighted by molar-refractivity contribution is -0.740. The fourth-order valence-electron chi connectivity index (χ4n) is 2.05. The van der Waals surface area contributed by atoms with Gasteiger partial charge in [0.1, 0.15) is 19.4 Å². The van der Waals surface area contributed by atoms with Gasteiger partial charge in [-0.1, -0.05) is 0 Å². The highest BCUT2D eigenvalue weighted by atomic mass is 16.7. The molecule has 2 aliphatic heterocycles. The average molecular weight is 262 g/mol. The van der Waals surface area contributed by atoms with Gasteiger partial charge in [0.05, 0.1) is 18.1 Å². The van der Waals surface area contributed by atoms with Crippen LogP contribution >= 0.6 is 0 Å². The van der Waals surface area contributed by atoms with Crippen molar-refractivity contribution >= 4 is 0 Å². The Kier molecular flexibility index (Phi) is 3.89. The molecule has 10 nitrogen and oxygen atoms in total. The summed E-state index contributed by atoms with van der Waals surface area (Å²) in [6.45, 7) is 1.90. The highest BCUT2D eigenvalue weighted by molar-refractivity contribution is 4.73. The Balaban J connectivity index is 2.01. The summed E-state index contributed by atoms with van der Waals surface area (Å²) < 4.78 is 10.5. The van der Waals surface area contributed by atoms with Crippen LogP contribution in [-0.4, -0.2) is 71.7 Å². The fourth-order valence-corrected chi connectivity index (χ4v) is 2.05. The summed E-state index contributed by atoms with van der Waals surface area (Å²) in [5.74, 6) is 0. The molecule has 2 fully saturated rings. The number of morpholine rings is 2. The molecule has 0 N–H and O–H groups in total. The molecule has 0 spiro atoms. The van der Waals surface area contributed by atoms with Crippen molar-refractivity contribution in [2.75, 3.05) is 39.5 Å². The Morgan fingerprint density at radius 2 is 1.83 bits per heavy atom. The quantitative estimate of drug-likeness (QED) is 0.459. The van der Waals surface area contributed by atoms with Crippen LogP contribution in [0.2, 0.25) is 0 Å². The summed E-state index contributed by atoms with van der Waals surface area (Å²) in [5.41, 5.74) is 0. The van der Waals surface area contributed by atoms with E-state index in [1.54, 1.807) is 0 Å². The molecular weight excluding hydrogens is 248 g/mol. The molecule has 102 valence electrons. The molecule has 2 atom stereocenters. The first kappa shape index (κ1) is 12.9. The number of hydrogen-bond acceptors (Lipinski definition) is 7. The van der Waals surface area contributed by atoms with Gasteiger partial charge in [0.2, 0.25) is 0 Å². The second kappa shape index (κ2) is 5.42. The molecule has 0 radical (unpaired) electrons. The van der Waals surface area contributed by atoms with E-state index in [9.17, 15) is 20.2 Å². The molecular formula is C8H14N4O6. The van der Waals surface area contributed by atoms with Crippen molar-refractivity contribution in [1.29, 1.82) is 0 Å². The molecule has 2 aliphatic rings. The summed E-state index contributed by atoms with van der Waals surface area (Å²) in [4.78, 5) is 22.7. The van der Waals surface area contributed by atoms with Crippen LogP contribution in [0.5, 0.6) is 0 Å². The third-order valence-electron chi connectivity index (χ3n) is 3.03. The monoisotopic (exact) mass is 262 g/mol. The topological polar surface area (TPSA) is 111 Å². The van der Waals surface area contributed by atoms with Crippen molar-refractivity contribution in [3.05, 3.63) is 20.2 Å². The van der Waals surface area contributed by atoms with Crippen molar-refractivity contribution in [1.82, 2.24) is 9.91 Å². The normalized spacial score (nSPS) is 30.1. The molecule has 0 amide bonds. The summed E-state index contributed by atoms with van der Waals surface area (Å²) in [7, 11) is 0. The molecule has 0 aliphatic carbocycles. The molecule has 10 heteroatoms. The molecule has 0 saturated carbocycles. The maximum absolute atomic E-state index is 10.8. The van der Waals surface area contributed by atoms with Gasteiger partial charge in [0.25, 0.3) is 0 Å². The smallest absolute Gasteiger partial charge is 0.359 e. The van der Waals surface area contributed by atoms with E-state index in [4.69, 9.17) is 9.47 Å². The van der Waals surface area contributed by atoms with Crippen molar-refractivity contribution in [3.8, 4) is 0 Å². The van der Waals surface area contributed by atoms with Gasteiger partial charge in [0, 0.05) is 13.1 Å². The summed E-state index contributed by atoms with van der Waals surface area (Å²) in [6, 6.07) is 0. The molecule has 2 heterocycles. The predicted octanol–water partition coefficient (Wildman–Crippen LogP) is -1.23. The van der Waals surface area contributed by atoms with E-state index in [2.05, 4.69) is 0 Å². The number of nitrogens with zero attached hydrogens (tertiary/aromatic N) is 4. The largest absolute Gasteiger partial charge is 0.379 e. The number of rotatable bonds is 3. The van der Waals surface area contributed by atoms with Gasteiger partial charge in [-0.25, -0.2) is 10.1 Å². The first-order valence-corrected chi connectivity index (χ1v) is 5.57. The Bertz CT molecular complexity index is 334. The predicted molar refractivity (Wildman–Crippen MR) is 56.6 cm³/mol. The molecule has 2 rings (SSSR count). The van der Waals surface area contributed by atoms with Crippen molar-refractivity contribution < 1.29 is 19.4 Å². The van der Waals surface area contributed by atoms with Crippen LogP contribution in [0.25, 0.3) is 0 Å². The standard InChI is InChI=1S/C8H14N4O6/c13-11(14)7-6-18-8(5-10(7)12(15)16)9-1-3-17-4-2-9/h7-8H,1-6H2. The van der Waals surface area contributed by atoms with Crippen LogP contribution in [0.15, 0.2) is 0 Å². The molecule has 2 saturated heterocycles. The Hall–Kier alpha value is -1.52. The average Bonchev–Trinajstić information content (AvgIpc) is 2.39. The van der Waals surface area contributed by atoms with Crippen molar-refractivity contribution in [3.63, 3.8) is 0 Å². The molecule has 0 bridgehead atoms. The van der Waals surface area contributed by atoms with Gasteiger partial charge in [-0.15, -0.1) is 0 Å². The van der Waals surface area contributed by atoms with Crippen LogP contribution in [-0.2, 0) is 9.47 Å². The third-order valence-corrected chi connectivity index (χ3v) is 3.03. The van der Waals surface area contributed by atoms with Crippen LogP contribution in [0.4, 0.5) is 0 Å². The molecule has 18 heavy (non-hydrogen) atoms. The lowest BCUT2D eigenvalue weighted by atomic mass is 10.3. The van der Waals surface area contributed by atoms with Crippen molar-refractivity contribution in [2.45, 2.75) is 12.4 Å². The first-order valence-electron chi connectivity index (χ1n) is 5.57. The Morgan fingerprint density at radius 1 is 1.17 bits per heavy atom. The summed E-state index contributed by atoms with van der Waals surface area (Å²) >= 11 is 0. The maximum Gasteiger partial charge on any atom is 0.359 e. The van der Waals surface area contributed by atoms with E-state index >= 15 is 0 Å². The minimum atomic E-state index is -1.42. The lowest BCUT2D eigenvalue weighted by Crippen LogP contribution is -2.60. The van der Waals surface area contributed by atoms with Gasteiger partial charge in [0.15, 0.2) is 5.03 Å². The van der Waals surface area contributed by atoms with Crippen LogP contribution < -0.4 is 0 Å². The minimum absolute atomic E-state index is 0.112. The highest BCUT2D eigenvalue weighted by Crippen LogP contribution is 2.16. The highest BCUT2D eigenvalue weighted by Gasteiger charge is 2.45. The molecule has 2 unspecified atom stereocenters. The van der Waals surface area contributed by atoms with Crippen molar-refractivity contribution in [2.24, 2.45) is 0 Å². The minimum Gasteiger partial charge on any atom is -0.379 e. The zero-order valence-electron chi connectivity index (χ0n) is 9.64. The zero-order chi connectivity index (χ0) is 13.1. The van der Waals surface area contributed by atoms with Gasteiger partial charge in [-0.3, -0.25) is 15.0 Å². The van der Waals surface area contributed by atoms with Crippen LogP contribution in [0, 0.1) is 20.2 Å². The SMILES string of the molecule is O=[N+]([O-])C1COC(N2CCOCC2)CN1[N+](=O)[O-]. The van der Waals surface area contributed by atoms with E-state index in [0.717, 1.165) is 0 Å².